The Hall–Kier alpha value is 0.394. The standard InChI is InChI=1S/CH8OSi2.2CH4/c1-4-2-3;;/h4H2,1,3H3;2*1H4. The summed E-state index contributed by atoms with van der Waals surface area (Å²) < 4.78 is 4.82. The molecule has 0 unspecified atom stereocenters. The SMILES string of the molecule is C.C.C[SiH2]O[SiH3]. The van der Waals surface area contributed by atoms with Crippen LogP contribution < -0.4 is 0 Å². The van der Waals surface area contributed by atoms with Gasteiger partial charge in [-0.2, -0.15) is 0 Å². The molecular formula is C3H16OSi2. The number of rotatable bonds is 1. The summed E-state index contributed by atoms with van der Waals surface area (Å²) in [6, 6.07) is 0. The van der Waals surface area contributed by atoms with Crippen molar-refractivity contribution in [2.45, 2.75) is 21.4 Å². The summed E-state index contributed by atoms with van der Waals surface area (Å²) in [6.45, 7) is 2.13. The molecule has 42 valence electrons. The quantitative estimate of drug-likeness (QED) is 0.436. The lowest BCUT2D eigenvalue weighted by Crippen LogP contribution is -1.82. The molecule has 0 N–H and O–H groups in total. The van der Waals surface area contributed by atoms with Crippen LogP contribution in [0.3, 0.4) is 0 Å². The van der Waals surface area contributed by atoms with Gasteiger partial charge in [-0.1, -0.05) is 21.4 Å². The van der Waals surface area contributed by atoms with Crippen LogP contribution in [0.15, 0.2) is 0 Å². The van der Waals surface area contributed by atoms with Crippen molar-refractivity contribution in [2.75, 3.05) is 0 Å². The van der Waals surface area contributed by atoms with Gasteiger partial charge in [0, 0.05) is 0 Å². The molecule has 0 saturated heterocycles. The first-order valence-corrected chi connectivity index (χ1v) is 4.21. The molecule has 0 aromatic carbocycles. The molecule has 0 radical (unpaired) electrons. The van der Waals surface area contributed by atoms with Crippen molar-refractivity contribution in [2.24, 2.45) is 0 Å². The lowest BCUT2D eigenvalue weighted by Gasteiger charge is -1.76. The van der Waals surface area contributed by atoms with Crippen molar-refractivity contribution < 1.29 is 4.12 Å². The van der Waals surface area contributed by atoms with Gasteiger partial charge in [0.1, 0.15) is 20.2 Å². The first-order chi connectivity index (χ1) is 1.91. The van der Waals surface area contributed by atoms with Crippen LogP contribution in [-0.2, 0) is 4.12 Å². The van der Waals surface area contributed by atoms with Gasteiger partial charge < -0.3 is 4.12 Å². The molecule has 0 atom stereocenters. The Bertz CT molecular complexity index is 10.8. The molecule has 0 aliphatic carbocycles. The van der Waals surface area contributed by atoms with Crippen LogP contribution in [0.1, 0.15) is 14.9 Å². The van der Waals surface area contributed by atoms with Gasteiger partial charge >= 0.3 is 0 Å². The number of hydrogen-bond acceptors (Lipinski definition) is 1. The minimum atomic E-state index is -0.0139. The summed E-state index contributed by atoms with van der Waals surface area (Å²) >= 11 is 0. The minimum absolute atomic E-state index is 0. The van der Waals surface area contributed by atoms with E-state index in [1.807, 2.05) is 0 Å². The molecule has 0 aromatic rings. The zero-order chi connectivity index (χ0) is 3.41. The van der Waals surface area contributed by atoms with Crippen LogP contribution in [0, 0.1) is 0 Å². The summed E-state index contributed by atoms with van der Waals surface area (Å²) in [5.74, 6) is 0. The Morgan fingerprint density at radius 2 is 1.67 bits per heavy atom. The molecule has 0 aromatic heterocycles. The van der Waals surface area contributed by atoms with Gasteiger partial charge in [-0.3, -0.25) is 0 Å². The molecule has 0 amide bonds. The first kappa shape index (κ1) is 16.2. The van der Waals surface area contributed by atoms with E-state index in [2.05, 4.69) is 6.55 Å². The maximum Gasteiger partial charge on any atom is 0.142 e. The topological polar surface area (TPSA) is 9.23 Å². The average molecular weight is 124 g/mol. The molecule has 3 heteroatoms. The molecule has 0 heterocycles. The molecule has 0 rings (SSSR count). The van der Waals surface area contributed by atoms with Crippen molar-refractivity contribution >= 4 is 20.2 Å². The zero-order valence-electron chi connectivity index (χ0n) is 3.12. The number of hydrogen-bond donors (Lipinski definition) is 0. The van der Waals surface area contributed by atoms with E-state index in [0.29, 0.717) is 0 Å². The van der Waals surface area contributed by atoms with Crippen molar-refractivity contribution in [1.82, 2.24) is 0 Å². The second-order valence-electron chi connectivity index (χ2n) is 0.577. The normalized spacial score (nSPS) is 7.50. The molecule has 0 aliphatic rings. The minimum Gasteiger partial charge on any atom is -0.468 e. The highest BCUT2D eigenvalue weighted by atomic mass is 28.3. The largest absolute Gasteiger partial charge is 0.468 e. The highest BCUT2D eigenvalue weighted by molar-refractivity contribution is 6.32. The van der Waals surface area contributed by atoms with Gasteiger partial charge in [-0.15, -0.1) is 0 Å². The van der Waals surface area contributed by atoms with E-state index in [-0.39, 0.29) is 24.6 Å². The molecular weight excluding hydrogens is 108 g/mol. The lowest BCUT2D eigenvalue weighted by atomic mass is 11.9. The monoisotopic (exact) mass is 124 g/mol. The molecule has 0 fully saturated rings. The van der Waals surface area contributed by atoms with Crippen LogP contribution in [0.5, 0.6) is 0 Å². The Kier molecular flexibility index (Phi) is 48.9. The van der Waals surface area contributed by atoms with Gasteiger partial charge in [0.15, 0.2) is 0 Å². The fourth-order valence-electron chi connectivity index (χ4n) is 0. The van der Waals surface area contributed by atoms with E-state index in [0.717, 1.165) is 10.5 Å². The van der Waals surface area contributed by atoms with Crippen molar-refractivity contribution in [1.29, 1.82) is 0 Å². The van der Waals surface area contributed by atoms with Crippen LogP contribution >= 0.6 is 0 Å². The predicted molar refractivity (Wildman–Crippen MR) is 38.9 cm³/mol. The van der Waals surface area contributed by atoms with E-state index in [9.17, 15) is 0 Å². The Balaban J connectivity index is -0.0000000450. The van der Waals surface area contributed by atoms with E-state index < -0.39 is 0 Å². The van der Waals surface area contributed by atoms with Crippen molar-refractivity contribution in [3.8, 4) is 0 Å². The molecule has 0 saturated carbocycles. The van der Waals surface area contributed by atoms with E-state index >= 15 is 0 Å². The van der Waals surface area contributed by atoms with Gasteiger partial charge in [0.25, 0.3) is 0 Å². The van der Waals surface area contributed by atoms with Gasteiger partial charge in [-0.25, -0.2) is 0 Å². The Morgan fingerprint density at radius 3 is 1.67 bits per heavy atom. The Morgan fingerprint density at radius 1 is 1.50 bits per heavy atom. The fourth-order valence-corrected chi connectivity index (χ4v) is 0. The molecule has 0 spiro atoms. The lowest BCUT2D eigenvalue weighted by molar-refractivity contribution is 0.671. The van der Waals surface area contributed by atoms with Gasteiger partial charge in [0.05, 0.1) is 0 Å². The highest BCUT2D eigenvalue weighted by Crippen LogP contribution is 1.45. The van der Waals surface area contributed by atoms with E-state index in [4.69, 9.17) is 4.12 Å². The zero-order valence-corrected chi connectivity index (χ0v) is 6.53. The summed E-state index contributed by atoms with van der Waals surface area (Å²) in [7, 11) is 0.938. The molecule has 1 nitrogen and oxygen atoms in total. The van der Waals surface area contributed by atoms with Gasteiger partial charge in [-0.05, 0) is 0 Å². The maximum atomic E-state index is 4.82. The average Bonchev–Trinajstić information content (AvgIpc) is 1.37. The fraction of sp³-hybridized carbons (Fsp3) is 1.00. The molecule has 0 aliphatic heterocycles. The predicted octanol–water partition coefficient (Wildman–Crippen LogP) is -0.313. The molecule has 6 heavy (non-hydrogen) atoms. The highest BCUT2D eigenvalue weighted by Gasteiger charge is 1.54. The molecule has 0 bridgehead atoms. The summed E-state index contributed by atoms with van der Waals surface area (Å²) in [4.78, 5) is 0. The second kappa shape index (κ2) is 18.2. The van der Waals surface area contributed by atoms with Crippen LogP contribution in [0.4, 0.5) is 0 Å². The van der Waals surface area contributed by atoms with Crippen molar-refractivity contribution in [3.05, 3.63) is 0 Å². The van der Waals surface area contributed by atoms with E-state index in [1.165, 1.54) is 0 Å². The summed E-state index contributed by atoms with van der Waals surface area (Å²) in [6.07, 6.45) is 0. The van der Waals surface area contributed by atoms with Crippen LogP contribution in [0.25, 0.3) is 0 Å². The smallest absolute Gasteiger partial charge is 0.142 e. The first-order valence-electron chi connectivity index (χ1n) is 1.40. The summed E-state index contributed by atoms with van der Waals surface area (Å²) in [5, 5.41) is 0. The van der Waals surface area contributed by atoms with Crippen molar-refractivity contribution in [3.63, 3.8) is 0 Å². The maximum absolute atomic E-state index is 4.82. The van der Waals surface area contributed by atoms with Crippen LogP contribution in [-0.4, -0.2) is 20.2 Å². The Labute approximate surface area is 46.6 Å². The third-order valence-corrected chi connectivity index (χ3v) is 2.60. The van der Waals surface area contributed by atoms with Gasteiger partial charge in [0.2, 0.25) is 0 Å². The third-order valence-electron chi connectivity index (χ3n) is 0.289. The summed E-state index contributed by atoms with van der Waals surface area (Å²) in [5.41, 5.74) is 0. The van der Waals surface area contributed by atoms with Crippen LogP contribution in [0.2, 0.25) is 6.55 Å². The second-order valence-corrected chi connectivity index (χ2v) is 3.46. The van der Waals surface area contributed by atoms with E-state index in [1.54, 1.807) is 0 Å². The third kappa shape index (κ3) is 26.1.